The molecule has 2 N–H and O–H groups in total. The molecule has 0 radical (unpaired) electrons. The van der Waals surface area contributed by atoms with Crippen molar-refractivity contribution in [1.82, 2.24) is 10.3 Å². The lowest BCUT2D eigenvalue weighted by Gasteiger charge is -2.03. The Morgan fingerprint density at radius 2 is 2.27 bits per heavy atom. The van der Waals surface area contributed by atoms with Crippen molar-refractivity contribution < 1.29 is 14.3 Å². The van der Waals surface area contributed by atoms with E-state index in [1.807, 2.05) is 24.3 Å². The average Bonchev–Trinajstić information content (AvgIpc) is 2.94. The second kappa shape index (κ2) is 7.29. The summed E-state index contributed by atoms with van der Waals surface area (Å²) in [5.74, 6) is 0.293. The molecule has 0 aliphatic rings. The quantitative estimate of drug-likeness (QED) is 0.484. The molecule has 0 aliphatic heterocycles. The number of amides is 1. The van der Waals surface area contributed by atoms with E-state index in [2.05, 4.69) is 10.3 Å². The van der Waals surface area contributed by atoms with Crippen molar-refractivity contribution in [2.24, 2.45) is 0 Å². The second-order valence-corrected chi connectivity index (χ2v) is 4.57. The van der Waals surface area contributed by atoms with Crippen LogP contribution in [0.25, 0.3) is 17.0 Å². The standard InChI is InChI=1S/C16H17N3O3/c1-21-6-5-18-16(20)11(9-17)7-12-10-19-15-4-3-13(22-2)8-14(12)15/h3-4,7-8,10,19H,5-6H2,1-2H3,(H,18,20). The van der Waals surface area contributed by atoms with Gasteiger partial charge in [0.25, 0.3) is 5.91 Å². The Bertz CT molecular complexity index is 741. The minimum Gasteiger partial charge on any atom is -0.497 e. The zero-order chi connectivity index (χ0) is 15.9. The lowest BCUT2D eigenvalue weighted by atomic mass is 10.1. The van der Waals surface area contributed by atoms with E-state index < -0.39 is 5.91 Å². The van der Waals surface area contributed by atoms with Crippen LogP contribution < -0.4 is 10.1 Å². The highest BCUT2D eigenvalue weighted by molar-refractivity contribution is 6.04. The summed E-state index contributed by atoms with van der Waals surface area (Å²) in [5, 5.41) is 12.7. The molecule has 0 aliphatic carbocycles. The maximum absolute atomic E-state index is 11.9. The van der Waals surface area contributed by atoms with E-state index in [0.29, 0.717) is 18.9 Å². The summed E-state index contributed by atoms with van der Waals surface area (Å²) in [5.41, 5.74) is 1.70. The van der Waals surface area contributed by atoms with E-state index in [9.17, 15) is 10.1 Å². The first kappa shape index (κ1) is 15.6. The van der Waals surface area contributed by atoms with E-state index >= 15 is 0 Å². The largest absolute Gasteiger partial charge is 0.497 e. The molecular weight excluding hydrogens is 282 g/mol. The number of aromatic nitrogens is 1. The number of nitriles is 1. The van der Waals surface area contributed by atoms with Gasteiger partial charge in [0.1, 0.15) is 17.4 Å². The summed E-state index contributed by atoms with van der Waals surface area (Å²) in [4.78, 5) is 15.0. The van der Waals surface area contributed by atoms with Crippen LogP contribution in [-0.2, 0) is 9.53 Å². The Hall–Kier alpha value is -2.78. The highest BCUT2D eigenvalue weighted by Gasteiger charge is 2.10. The average molecular weight is 299 g/mol. The van der Waals surface area contributed by atoms with Crippen LogP contribution >= 0.6 is 0 Å². The Balaban J connectivity index is 2.29. The lowest BCUT2D eigenvalue weighted by Crippen LogP contribution is -2.27. The summed E-state index contributed by atoms with van der Waals surface area (Å²) in [6.07, 6.45) is 3.31. The highest BCUT2D eigenvalue weighted by atomic mass is 16.5. The normalized spacial score (nSPS) is 11.2. The molecule has 0 saturated heterocycles. The number of ether oxygens (including phenoxy) is 2. The van der Waals surface area contributed by atoms with Gasteiger partial charge in [0.2, 0.25) is 0 Å². The molecule has 0 bridgehead atoms. The molecule has 0 atom stereocenters. The number of nitrogens with one attached hydrogen (secondary N) is 2. The van der Waals surface area contributed by atoms with Gasteiger partial charge >= 0.3 is 0 Å². The topological polar surface area (TPSA) is 87.1 Å². The van der Waals surface area contributed by atoms with E-state index in [-0.39, 0.29) is 5.57 Å². The second-order valence-electron chi connectivity index (χ2n) is 4.57. The predicted molar refractivity (Wildman–Crippen MR) is 83.3 cm³/mol. The van der Waals surface area contributed by atoms with Crippen molar-refractivity contribution in [2.75, 3.05) is 27.4 Å². The molecule has 1 aromatic carbocycles. The van der Waals surface area contributed by atoms with Gasteiger partial charge in [-0.3, -0.25) is 4.79 Å². The Kier molecular flexibility index (Phi) is 5.17. The maximum atomic E-state index is 11.9. The Morgan fingerprint density at radius 1 is 1.45 bits per heavy atom. The maximum Gasteiger partial charge on any atom is 0.262 e. The first-order valence-electron chi connectivity index (χ1n) is 6.73. The molecule has 2 rings (SSSR count). The molecule has 1 amide bonds. The van der Waals surface area contributed by atoms with Gasteiger partial charge in [-0.15, -0.1) is 0 Å². The summed E-state index contributed by atoms with van der Waals surface area (Å²) in [6.45, 7) is 0.755. The van der Waals surface area contributed by atoms with Crippen molar-refractivity contribution in [3.63, 3.8) is 0 Å². The van der Waals surface area contributed by atoms with Crippen molar-refractivity contribution in [3.05, 3.63) is 35.5 Å². The lowest BCUT2D eigenvalue weighted by molar-refractivity contribution is -0.117. The summed E-state index contributed by atoms with van der Waals surface area (Å²) >= 11 is 0. The number of rotatable bonds is 6. The minimum atomic E-state index is -0.420. The fraction of sp³-hybridized carbons (Fsp3) is 0.250. The fourth-order valence-corrected chi connectivity index (χ4v) is 2.03. The molecule has 114 valence electrons. The van der Waals surface area contributed by atoms with Crippen molar-refractivity contribution in [3.8, 4) is 11.8 Å². The smallest absolute Gasteiger partial charge is 0.262 e. The summed E-state index contributed by atoms with van der Waals surface area (Å²) in [7, 11) is 3.14. The monoisotopic (exact) mass is 299 g/mol. The number of carbonyl (C=O) groups is 1. The number of fused-ring (bicyclic) bond motifs is 1. The van der Waals surface area contributed by atoms with Crippen LogP contribution in [0.4, 0.5) is 0 Å². The van der Waals surface area contributed by atoms with Gasteiger partial charge in [-0.25, -0.2) is 0 Å². The molecule has 6 heteroatoms. The first-order chi connectivity index (χ1) is 10.7. The molecule has 2 aromatic rings. The number of aromatic amines is 1. The number of carbonyl (C=O) groups excluding carboxylic acids is 1. The van der Waals surface area contributed by atoms with Crippen LogP contribution in [-0.4, -0.2) is 38.3 Å². The summed E-state index contributed by atoms with van der Waals surface area (Å²) < 4.78 is 10.1. The molecule has 22 heavy (non-hydrogen) atoms. The van der Waals surface area contributed by atoms with Crippen LogP contribution in [0.15, 0.2) is 30.0 Å². The number of H-pyrrole nitrogens is 1. The van der Waals surface area contributed by atoms with Crippen molar-refractivity contribution in [1.29, 1.82) is 5.26 Å². The van der Waals surface area contributed by atoms with Crippen molar-refractivity contribution >= 4 is 22.9 Å². The molecule has 6 nitrogen and oxygen atoms in total. The van der Waals surface area contributed by atoms with Gasteiger partial charge in [0.15, 0.2) is 0 Å². The third-order valence-electron chi connectivity index (χ3n) is 3.18. The van der Waals surface area contributed by atoms with Gasteiger partial charge in [-0.2, -0.15) is 5.26 Å². The van der Waals surface area contributed by atoms with Crippen LogP contribution in [0.2, 0.25) is 0 Å². The van der Waals surface area contributed by atoms with Crippen LogP contribution in [0.5, 0.6) is 5.75 Å². The predicted octanol–water partition coefficient (Wildman–Crippen LogP) is 1.85. The highest BCUT2D eigenvalue weighted by Crippen LogP contribution is 2.25. The number of methoxy groups -OCH3 is 2. The summed E-state index contributed by atoms with van der Waals surface area (Å²) in [6, 6.07) is 7.51. The van der Waals surface area contributed by atoms with Gasteiger partial charge in [-0.1, -0.05) is 0 Å². The van der Waals surface area contributed by atoms with E-state index in [1.165, 1.54) is 0 Å². The molecule has 0 saturated carbocycles. The van der Waals surface area contributed by atoms with Crippen LogP contribution in [0.3, 0.4) is 0 Å². The number of nitrogens with zero attached hydrogens (tertiary/aromatic N) is 1. The number of benzene rings is 1. The van der Waals surface area contributed by atoms with E-state index in [4.69, 9.17) is 9.47 Å². The zero-order valence-electron chi connectivity index (χ0n) is 12.5. The SMILES string of the molecule is COCCNC(=O)C(C#N)=Cc1c[nH]c2ccc(OC)cc12. The molecule has 0 unspecified atom stereocenters. The van der Waals surface area contributed by atoms with Gasteiger partial charge in [-0.05, 0) is 24.3 Å². The van der Waals surface area contributed by atoms with Gasteiger partial charge in [0, 0.05) is 36.3 Å². The molecule has 1 heterocycles. The minimum absolute atomic E-state index is 0.0415. The molecule has 0 fully saturated rings. The van der Waals surface area contributed by atoms with Crippen LogP contribution in [0, 0.1) is 11.3 Å². The molecule has 1 aromatic heterocycles. The fourth-order valence-electron chi connectivity index (χ4n) is 2.03. The third kappa shape index (κ3) is 3.45. The zero-order valence-corrected chi connectivity index (χ0v) is 12.5. The first-order valence-corrected chi connectivity index (χ1v) is 6.73. The van der Waals surface area contributed by atoms with Crippen LogP contribution in [0.1, 0.15) is 5.56 Å². The van der Waals surface area contributed by atoms with Gasteiger partial charge in [0.05, 0.1) is 13.7 Å². The van der Waals surface area contributed by atoms with E-state index in [1.54, 1.807) is 26.5 Å². The number of hydrogen-bond donors (Lipinski definition) is 2. The Morgan fingerprint density at radius 3 is 2.95 bits per heavy atom. The van der Waals surface area contributed by atoms with Crippen molar-refractivity contribution in [2.45, 2.75) is 0 Å². The molecule has 0 spiro atoms. The third-order valence-corrected chi connectivity index (χ3v) is 3.18. The Labute approximate surface area is 128 Å². The number of hydrogen-bond acceptors (Lipinski definition) is 4. The van der Waals surface area contributed by atoms with E-state index in [0.717, 1.165) is 16.5 Å². The molecular formula is C16H17N3O3. The van der Waals surface area contributed by atoms with Gasteiger partial charge < -0.3 is 19.8 Å².